The maximum Gasteiger partial charge on any atom is 0.340 e. The molecule has 1 aliphatic heterocycles. The Hall–Kier alpha value is -3.26. The van der Waals surface area contributed by atoms with E-state index in [0.717, 1.165) is 47.7 Å². The van der Waals surface area contributed by atoms with Crippen LogP contribution in [0.5, 0.6) is 5.88 Å². The Balaban J connectivity index is 1.40. The second kappa shape index (κ2) is 7.37. The zero-order chi connectivity index (χ0) is 23.7. The van der Waals surface area contributed by atoms with E-state index in [4.69, 9.17) is 14.5 Å². The van der Waals surface area contributed by atoms with Crippen LogP contribution in [0.2, 0.25) is 0 Å². The van der Waals surface area contributed by atoms with Gasteiger partial charge in [0.15, 0.2) is 0 Å². The Kier molecular flexibility index (Phi) is 4.61. The molecular weight excluding hydrogens is 432 g/mol. The largest absolute Gasteiger partial charge is 0.474 e. The fraction of sp³-hybridized carbons (Fsp3) is 0.462. The minimum atomic E-state index is -1.04. The van der Waals surface area contributed by atoms with Gasteiger partial charge in [-0.05, 0) is 69.5 Å². The molecule has 0 unspecified atom stereocenters. The van der Waals surface area contributed by atoms with E-state index in [0.29, 0.717) is 29.5 Å². The molecule has 0 saturated heterocycles. The van der Waals surface area contributed by atoms with Crippen molar-refractivity contribution in [2.24, 2.45) is 0 Å². The third-order valence-corrected chi connectivity index (χ3v) is 7.50. The van der Waals surface area contributed by atoms with E-state index >= 15 is 0 Å². The van der Waals surface area contributed by atoms with Crippen LogP contribution >= 0.6 is 0 Å². The Morgan fingerprint density at radius 2 is 2.00 bits per heavy atom. The van der Waals surface area contributed by atoms with Crippen LogP contribution in [0.15, 0.2) is 30.6 Å². The molecule has 1 spiro atoms. The Bertz CT molecular complexity index is 1310. The SMILES string of the molecule is CC[C@@](C)(O)c1cnc(OC2CC2)c2cnc(Nc3ccc4c(n3)C3(CC3)[C@H](C)OC4=O)cc12. The van der Waals surface area contributed by atoms with Gasteiger partial charge >= 0.3 is 5.97 Å². The highest BCUT2D eigenvalue weighted by Crippen LogP contribution is 2.54. The average Bonchev–Trinajstić information content (AvgIpc) is 3.74. The summed E-state index contributed by atoms with van der Waals surface area (Å²) in [6, 6.07) is 5.45. The van der Waals surface area contributed by atoms with Crippen LogP contribution in [-0.4, -0.2) is 38.2 Å². The van der Waals surface area contributed by atoms with Crippen LogP contribution in [-0.2, 0) is 15.8 Å². The first-order valence-electron chi connectivity index (χ1n) is 12.0. The van der Waals surface area contributed by atoms with Gasteiger partial charge < -0.3 is 19.9 Å². The summed E-state index contributed by atoms with van der Waals surface area (Å²) in [4.78, 5) is 26.3. The molecule has 0 amide bonds. The molecule has 3 aromatic heterocycles. The second-order valence-electron chi connectivity index (χ2n) is 9.96. The van der Waals surface area contributed by atoms with Crippen LogP contribution in [0.25, 0.3) is 10.8 Å². The van der Waals surface area contributed by atoms with Gasteiger partial charge in [-0.3, -0.25) is 0 Å². The van der Waals surface area contributed by atoms with Gasteiger partial charge in [0.1, 0.15) is 23.8 Å². The summed E-state index contributed by atoms with van der Waals surface area (Å²) in [5.74, 6) is 1.44. The number of aromatic nitrogens is 3. The van der Waals surface area contributed by atoms with E-state index in [1.807, 2.05) is 19.9 Å². The highest BCUT2D eigenvalue weighted by molar-refractivity contribution is 5.94. The summed E-state index contributed by atoms with van der Waals surface area (Å²) in [7, 11) is 0. The van der Waals surface area contributed by atoms with Gasteiger partial charge in [0.05, 0.1) is 27.7 Å². The van der Waals surface area contributed by atoms with Gasteiger partial charge in [0, 0.05) is 18.0 Å². The minimum absolute atomic E-state index is 0.175. The van der Waals surface area contributed by atoms with Gasteiger partial charge in [-0.25, -0.2) is 19.7 Å². The highest BCUT2D eigenvalue weighted by atomic mass is 16.5. The van der Waals surface area contributed by atoms with Gasteiger partial charge in [-0.1, -0.05) is 6.92 Å². The number of hydrogen-bond acceptors (Lipinski definition) is 8. The quantitative estimate of drug-likeness (QED) is 0.517. The molecule has 2 aliphatic carbocycles. The summed E-state index contributed by atoms with van der Waals surface area (Å²) in [6.45, 7) is 5.67. The predicted octanol–water partition coefficient (Wildman–Crippen LogP) is 4.52. The molecule has 0 radical (unpaired) electrons. The van der Waals surface area contributed by atoms with E-state index in [1.54, 1.807) is 31.5 Å². The zero-order valence-electron chi connectivity index (χ0n) is 19.6. The molecule has 4 heterocycles. The van der Waals surface area contributed by atoms with Crippen molar-refractivity contribution < 1.29 is 19.4 Å². The first-order chi connectivity index (χ1) is 16.3. The smallest absolute Gasteiger partial charge is 0.340 e. The minimum Gasteiger partial charge on any atom is -0.474 e. The molecule has 2 fully saturated rings. The molecule has 2 N–H and O–H groups in total. The van der Waals surface area contributed by atoms with Crippen LogP contribution in [0.1, 0.15) is 74.5 Å². The molecule has 2 saturated carbocycles. The standard InChI is InChI=1S/C26H28N4O4/c1-4-25(3,32)19-13-28-23(34-15-5-6-15)18-12-27-21(11-17(18)19)29-20-8-7-16-22(30-20)26(9-10-26)14(2)33-24(16)31/h7-8,11-15,32H,4-6,9-10H2,1-3H3,(H,27,29,30)/t14-,25+/m0/s1. The normalized spacial score (nSPS) is 22.1. The van der Waals surface area contributed by atoms with Crippen molar-refractivity contribution in [1.29, 1.82) is 0 Å². The van der Waals surface area contributed by atoms with Crippen molar-refractivity contribution >= 4 is 28.4 Å². The average molecular weight is 461 g/mol. The lowest BCUT2D eigenvalue weighted by molar-refractivity contribution is 0.0183. The second-order valence-corrected chi connectivity index (χ2v) is 9.96. The summed E-state index contributed by atoms with van der Waals surface area (Å²) < 4.78 is 11.5. The fourth-order valence-corrected chi connectivity index (χ4v) is 4.75. The first-order valence-corrected chi connectivity index (χ1v) is 12.0. The zero-order valence-corrected chi connectivity index (χ0v) is 19.6. The monoisotopic (exact) mass is 460 g/mol. The van der Waals surface area contributed by atoms with Crippen molar-refractivity contribution in [3.63, 3.8) is 0 Å². The number of fused-ring (bicyclic) bond motifs is 3. The molecule has 8 nitrogen and oxygen atoms in total. The Morgan fingerprint density at radius 1 is 1.21 bits per heavy atom. The van der Waals surface area contributed by atoms with Crippen LogP contribution in [0.4, 0.5) is 11.6 Å². The Labute approximate surface area is 197 Å². The summed E-state index contributed by atoms with van der Waals surface area (Å²) >= 11 is 0. The molecule has 3 aliphatic rings. The van der Waals surface area contributed by atoms with Gasteiger partial charge in [-0.2, -0.15) is 0 Å². The van der Waals surface area contributed by atoms with Gasteiger partial charge in [-0.15, -0.1) is 0 Å². The highest BCUT2D eigenvalue weighted by Gasteiger charge is 2.56. The number of rotatable bonds is 6. The summed E-state index contributed by atoms with van der Waals surface area (Å²) in [5, 5.41) is 15.9. The van der Waals surface area contributed by atoms with E-state index < -0.39 is 5.60 Å². The number of aliphatic hydroxyl groups is 1. The van der Waals surface area contributed by atoms with Crippen molar-refractivity contribution in [3.05, 3.63) is 47.4 Å². The molecule has 0 bridgehead atoms. The topological polar surface area (TPSA) is 106 Å². The maximum absolute atomic E-state index is 12.4. The molecule has 0 aromatic carbocycles. The van der Waals surface area contributed by atoms with Crippen molar-refractivity contribution in [2.45, 2.75) is 76.1 Å². The number of esters is 1. The van der Waals surface area contributed by atoms with E-state index in [-0.39, 0.29) is 23.6 Å². The molecular formula is C26H28N4O4. The van der Waals surface area contributed by atoms with Crippen molar-refractivity contribution in [2.75, 3.05) is 5.32 Å². The molecule has 2 atom stereocenters. The molecule has 34 heavy (non-hydrogen) atoms. The van der Waals surface area contributed by atoms with Crippen LogP contribution in [0.3, 0.4) is 0 Å². The lowest BCUT2D eigenvalue weighted by atomic mass is 9.89. The van der Waals surface area contributed by atoms with Crippen LogP contribution in [0, 0.1) is 0 Å². The number of nitrogens with zero attached hydrogens (tertiary/aromatic N) is 3. The number of anilines is 2. The molecule has 3 aromatic rings. The number of ether oxygens (including phenoxy) is 2. The maximum atomic E-state index is 12.4. The number of carbonyl (C=O) groups excluding carboxylic acids is 1. The van der Waals surface area contributed by atoms with E-state index in [9.17, 15) is 9.90 Å². The molecule has 176 valence electrons. The van der Waals surface area contributed by atoms with E-state index in [1.165, 1.54) is 0 Å². The molecule has 6 rings (SSSR count). The Morgan fingerprint density at radius 3 is 2.71 bits per heavy atom. The van der Waals surface area contributed by atoms with Crippen molar-refractivity contribution in [3.8, 4) is 5.88 Å². The molecule has 8 heteroatoms. The van der Waals surface area contributed by atoms with Crippen molar-refractivity contribution in [1.82, 2.24) is 15.0 Å². The van der Waals surface area contributed by atoms with E-state index in [2.05, 4.69) is 15.3 Å². The third kappa shape index (κ3) is 3.39. The van der Waals surface area contributed by atoms with Gasteiger partial charge in [0.25, 0.3) is 0 Å². The lowest BCUT2D eigenvalue weighted by Crippen LogP contribution is -2.36. The number of hydrogen-bond donors (Lipinski definition) is 2. The summed E-state index contributed by atoms with van der Waals surface area (Å²) in [5.41, 5.74) is 0.861. The number of cyclic esters (lactones) is 1. The number of carbonyl (C=O) groups is 1. The number of pyridine rings is 3. The van der Waals surface area contributed by atoms with Crippen LogP contribution < -0.4 is 10.1 Å². The predicted molar refractivity (Wildman–Crippen MR) is 126 cm³/mol. The summed E-state index contributed by atoms with van der Waals surface area (Å²) in [6.07, 6.45) is 7.99. The van der Waals surface area contributed by atoms with Gasteiger partial charge in [0.2, 0.25) is 5.88 Å². The third-order valence-electron chi connectivity index (χ3n) is 7.50. The number of nitrogens with one attached hydrogen (secondary N) is 1. The fourth-order valence-electron chi connectivity index (χ4n) is 4.75. The first kappa shape index (κ1) is 21.3. The lowest BCUT2D eigenvalue weighted by Gasteiger charge is -2.30.